The number of carbonyl (C=O) groups excluding carboxylic acids is 2. The summed E-state index contributed by atoms with van der Waals surface area (Å²) < 4.78 is 5.27. The lowest BCUT2D eigenvalue weighted by Crippen LogP contribution is -2.30. The van der Waals surface area contributed by atoms with Crippen molar-refractivity contribution >= 4 is 17.4 Å². The largest absolute Gasteiger partial charge is 0.507 e. The number of rotatable bonds is 6. The van der Waals surface area contributed by atoms with E-state index in [1.54, 1.807) is 30.2 Å². The summed E-state index contributed by atoms with van der Waals surface area (Å²) in [5, 5.41) is 11.0. The Labute approximate surface area is 165 Å². The zero-order chi connectivity index (χ0) is 20.3. The van der Waals surface area contributed by atoms with Crippen molar-refractivity contribution in [1.29, 1.82) is 0 Å². The molecule has 0 aliphatic carbocycles. The number of likely N-dealkylation sites (tertiary alicyclic amines) is 1. The summed E-state index contributed by atoms with van der Waals surface area (Å²) in [7, 11) is 1.58. The number of unbranched alkanes of at least 4 members (excludes halogenated alkanes) is 1. The molecule has 0 radical (unpaired) electrons. The molecule has 5 heteroatoms. The van der Waals surface area contributed by atoms with Crippen LogP contribution in [-0.4, -0.2) is 35.4 Å². The highest BCUT2D eigenvalue weighted by atomic mass is 16.5. The summed E-state index contributed by atoms with van der Waals surface area (Å²) in [5.41, 5.74) is 2.28. The molecule has 1 atom stereocenters. The van der Waals surface area contributed by atoms with Crippen LogP contribution < -0.4 is 4.74 Å². The van der Waals surface area contributed by atoms with Crippen LogP contribution in [0.5, 0.6) is 5.75 Å². The van der Waals surface area contributed by atoms with Crippen LogP contribution in [0.15, 0.2) is 54.1 Å². The number of benzene rings is 2. The van der Waals surface area contributed by atoms with Crippen molar-refractivity contribution in [3.05, 3.63) is 70.8 Å². The standard InChI is InChI=1S/C23H25NO4/c1-4-5-13-24-20(16-9-7-6-8-10-16)19(22(26)23(24)27)21(25)17-11-12-18(28-3)15(2)14-17/h6-12,14,20,25H,4-5,13H2,1-3H3/b21-19-. The van der Waals surface area contributed by atoms with Crippen LogP contribution in [0.4, 0.5) is 0 Å². The molecule has 0 saturated carbocycles. The van der Waals surface area contributed by atoms with Gasteiger partial charge in [-0.05, 0) is 42.7 Å². The number of aryl methyl sites for hydroxylation is 1. The quantitative estimate of drug-likeness (QED) is 0.463. The van der Waals surface area contributed by atoms with Crippen molar-refractivity contribution in [2.75, 3.05) is 13.7 Å². The van der Waals surface area contributed by atoms with Crippen LogP contribution in [0.2, 0.25) is 0 Å². The molecule has 0 spiro atoms. The van der Waals surface area contributed by atoms with Crippen molar-refractivity contribution in [3.63, 3.8) is 0 Å². The van der Waals surface area contributed by atoms with E-state index in [2.05, 4.69) is 0 Å². The number of ether oxygens (including phenoxy) is 1. The van der Waals surface area contributed by atoms with Gasteiger partial charge in [0, 0.05) is 12.1 Å². The van der Waals surface area contributed by atoms with Gasteiger partial charge in [-0.2, -0.15) is 0 Å². The molecule has 2 aromatic carbocycles. The number of nitrogens with zero attached hydrogens (tertiary/aromatic N) is 1. The average Bonchev–Trinajstić information content (AvgIpc) is 2.97. The van der Waals surface area contributed by atoms with E-state index in [9.17, 15) is 14.7 Å². The number of methoxy groups -OCH3 is 1. The van der Waals surface area contributed by atoms with Crippen molar-refractivity contribution < 1.29 is 19.4 Å². The molecule has 3 rings (SSSR count). The average molecular weight is 379 g/mol. The minimum Gasteiger partial charge on any atom is -0.507 e. The van der Waals surface area contributed by atoms with Gasteiger partial charge in [0.2, 0.25) is 0 Å². The Hall–Kier alpha value is -3.08. The fraction of sp³-hybridized carbons (Fsp3) is 0.304. The molecule has 1 aliphatic rings. The fourth-order valence-electron chi connectivity index (χ4n) is 3.60. The Morgan fingerprint density at radius 2 is 1.86 bits per heavy atom. The molecule has 1 heterocycles. The van der Waals surface area contributed by atoms with Crippen LogP contribution in [-0.2, 0) is 9.59 Å². The second kappa shape index (κ2) is 8.30. The maximum atomic E-state index is 12.9. The first-order chi connectivity index (χ1) is 13.5. The van der Waals surface area contributed by atoms with E-state index in [1.807, 2.05) is 44.2 Å². The number of Topliss-reactive ketones (excluding diaryl/α,β-unsaturated/α-hetero) is 1. The molecular weight excluding hydrogens is 354 g/mol. The minimum atomic E-state index is -0.643. The monoisotopic (exact) mass is 379 g/mol. The van der Waals surface area contributed by atoms with Gasteiger partial charge in [-0.15, -0.1) is 0 Å². The highest BCUT2D eigenvalue weighted by molar-refractivity contribution is 6.46. The molecule has 1 amide bonds. The van der Waals surface area contributed by atoms with E-state index in [1.165, 1.54) is 0 Å². The molecule has 5 nitrogen and oxygen atoms in total. The molecular formula is C23H25NO4. The predicted octanol–water partition coefficient (Wildman–Crippen LogP) is 4.23. The second-order valence-corrected chi connectivity index (χ2v) is 6.94. The maximum Gasteiger partial charge on any atom is 0.295 e. The minimum absolute atomic E-state index is 0.136. The summed E-state index contributed by atoms with van der Waals surface area (Å²) in [6, 6.07) is 14.0. The number of ketones is 1. The molecule has 1 saturated heterocycles. The summed E-state index contributed by atoms with van der Waals surface area (Å²) in [4.78, 5) is 27.1. The van der Waals surface area contributed by atoms with Gasteiger partial charge in [0.25, 0.3) is 11.7 Å². The van der Waals surface area contributed by atoms with Crippen molar-refractivity contribution in [1.82, 2.24) is 4.90 Å². The van der Waals surface area contributed by atoms with E-state index in [0.29, 0.717) is 17.9 Å². The van der Waals surface area contributed by atoms with E-state index in [-0.39, 0.29) is 11.3 Å². The van der Waals surface area contributed by atoms with E-state index in [4.69, 9.17) is 4.74 Å². The van der Waals surface area contributed by atoms with Gasteiger partial charge in [0.05, 0.1) is 18.7 Å². The SMILES string of the molecule is CCCCN1C(=O)C(=O)/C(=C(\O)c2ccc(OC)c(C)c2)C1c1ccccc1. The van der Waals surface area contributed by atoms with Crippen molar-refractivity contribution in [2.24, 2.45) is 0 Å². The van der Waals surface area contributed by atoms with Crippen LogP contribution in [0.3, 0.4) is 0 Å². The first kappa shape index (κ1) is 19.7. The topological polar surface area (TPSA) is 66.8 Å². The molecule has 146 valence electrons. The highest BCUT2D eigenvalue weighted by Crippen LogP contribution is 2.39. The molecule has 2 aromatic rings. The zero-order valence-corrected chi connectivity index (χ0v) is 16.4. The Balaban J connectivity index is 2.15. The Morgan fingerprint density at radius 3 is 2.46 bits per heavy atom. The van der Waals surface area contributed by atoms with Crippen molar-refractivity contribution in [2.45, 2.75) is 32.7 Å². The predicted molar refractivity (Wildman–Crippen MR) is 108 cm³/mol. The lowest BCUT2D eigenvalue weighted by Gasteiger charge is -2.25. The van der Waals surface area contributed by atoms with Gasteiger partial charge < -0.3 is 14.7 Å². The number of aliphatic hydroxyl groups excluding tert-OH is 1. The lowest BCUT2D eigenvalue weighted by atomic mass is 9.94. The molecule has 28 heavy (non-hydrogen) atoms. The third-order valence-electron chi connectivity index (χ3n) is 5.08. The zero-order valence-electron chi connectivity index (χ0n) is 16.4. The van der Waals surface area contributed by atoms with E-state index in [0.717, 1.165) is 24.0 Å². The van der Waals surface area contributed by atoms with Crippen molar-refractivity contribution in [3.8, 4) is 5.75 Å². The van der Waals surface area contributed by atoms with Gasteiger partial charge in [0.15, 0.2) is 0 Å². The maximum absolute atomic E-state index is 12.9. The van der Waals surface area contributed by atoms with Gasteiger partial charge in [-0.1, -0.05) is 43.7 Å². The Kier molecular flexibility index (Phi) is 5.83. The smallest absolute Gasteiger partial charge is 0.295 e. The summed E-state index contributed by atoms with van der Waals surface area (Å²) in [5.74, 6) is -0.665. The van der Waals surface area contributed by atoms with Gasteiger partial charge in [0.1, 0.15) is 11.5 Å². The molecule has 1 N–H and O–H groups in total. The third-order valence-corrected chi connectivity index (χ3v) is 5.08. The molecule has 1 fully saturated rings. The Morgan fingerprint density at radius 1 is 1.14 bits per heavy atom. The molecule has 1 aliphatic heterocycles. The summed E-state index contributed by atoms with van der Waals surface area (Å²) in [6.45, 7) is 4.37. The number of aliphatic hydroxyl groups is 1. The lowest BCUT2D eigenvalue weighted by molar-refractivity contribution is -0.139. The number of hydrogen-bond acceptors (Lipinski definition) is 4. The number of amides is 1. The van der Waals surface area contributed by atoms with Crippen LogP contribution in [0, 0.1) is 6.92 Å². The van der Waals surface area contributed by atoms with Crippen LogP contribution in [0.1, 0.15) is 42.5 Å². The second-order valence-electron chi connectivity index (χ2n) is 6.94. The third kappa shape index (κ3) is 3.52. The first-order valence-corrected chi connectivity index (χ1v) is 9.48. The van der Waals surface area contributed by atoms with E-state index < -0.39 is 17.7 Å². The van der Waals surface area contributed by atoms with Crippen LogP contribution >= 0.6 is 0 Å². The van der Waals surface area contributed by atoms with Gasteiger partial charge >= 0.3 is 0 Å². The molecule has 0 bridgehead atoms. The fourth-order valence-corrected chi connectivity index (χ4v) is 3.60. The number of carbonyl (C=O) groups is 2. The van der Waals surface area contributed by atoms with Gasteiger partial charge in [-0.3, -0.25) is 9.59 Å². The van der Waals surface area contributed by atoms with E-state index >= 15 is 0 Å². The normalized spacial score (nSPS) is 18.5. The highest BCUT2D eigenvalue weighted by Gasteiger charge is 2.45. The number of hydrogen-bond donors (Lipinski definition) is 1. The summed E-state index contributed by atoms with van der Waals surface area (Å²) in [6.07, 6.45) is 1.69. The summed E-state index contributed by atoms with van der Waals surface area (Å²) >= 11 is 0. The van der Waals surface area contributed by atoms with Crippen LogP contribution in [0.25, 0.3) is 5.76 Å². The molecule has 1 unspecified atom stereocenters. The Bertz CT molecular complexity index is 917. The first-order valence-electron chi connectivity index (χ1n) is 9.48. The van der Waals surface area contributed by atoms with Gasteiger partial charge in [-0.25, -0.2) is 0 Å². The molecule has 0 aromatic heterocycles.